The molecule has 3 aromatic rings. The van der Waals surface area contributed by atoms with Gasteiger partial charge in [0.2, 0.25) is 0 Å². The molecule has 1 saturated heterocycles. The number of rotatable bonds is 3. The molecular weight excluding hydrogens is 518 g/mol. The van der Waals surface area contributed by atoms with Gasteiger partial charge in [-0.1, -0.05) is 89.0 Å². The first-order valence-electron chi connectivity index (χ1n) is 10.3. The van der Waals surface area contributed by atoms with Crippen LogP contribution >= 0.6 is 43.6 Å². The lowest BCUT2D eigenvalue weighted by Gasteiger charge is -2.44. The second-order valence-corrected chi connectivity index (χ2v) is 11.8. The summed E-state index contributed by atoms with van der Waals surface area (Å²) in [5.74, 6) is 2.19. The zero-order valence-electron chi connectivity index (χ0n) is 17.6. The van der Waals surface area contributed by atoms with Crippen molar-refractivity contribution in [1.29, 1.82) is 0 Å². The van der Waals surface area contributed by atoms with Gasteiger partial charge in [-0.15, -0.1) is 0 Å². The lowest BCUT2D eigenvalue weighted by atomic mass is 9.87. The van der Waals surface area contributed by atoms with Crippen LogP contribution in [0.25, 0.3) is 0 Å². The highest BCUT2D eigenvalue weighted by Crippen LogP contribution is 2.44. The summed E-state index contributed by atoms with van der Waals surface area (Å²) in [5.41, 5.74) is 5.56. The van der Waals surface area contributed by atoms with E-state index in [-0.39, 0.29) is 5.41 Å². The third kappa shape index (κ3) is 4.81. The summed E-state index contributed by atoms with van der Waals surface area (Å²) in [5, 5.41) is 0. The highest BCUT2D eigenvalue weighted by molar-refractivity contribution is 9.10. The third-order valence-electron chi connectivity index (χ3n) is 5.76. The van der Waals surface area contributed by atoms with Crippen molar-refractivity contribution in [2.45, 2.75) is 38.3 Å². The quantitative estimate of drug-likeness (QED) is 0.325. The Kier molecular flexibility index (Phi) is 6.67. The van der Waals surface area contributed by atoms with Gasteiger partial charge in [0.1, 0.15) is 0 Å². The van der Waals surface area contributed by atoms with Crippen LogP contribution in [0.15, 0.2) is 81.7 Å². The van der Waals surface area contributed by atoms with Crippen molar-refractivity contribution in [1.82, 2.24) is 0 Å². The summed E-state index contributed by atoms with van der Waals surface area (Å²) in [6.07, 6.45) is 0. The maximum Gasteiger partial charge on any atom is 0.0639 e. The molecule has 0 amide bonds. The second kappa shape index (κ2) is 9.10. The topological polar surface area (TPSA) is 3.24 Å². The van der Waals surface area contributed by atoms with Gasteiger partial charge >= 0.3 is 0 Å². The molecule has 0 bridgehead atoms. The van der Waals surface area contributed by atoms with Gasteiger partial charge in [-0.2, -0.15) is 11.8 Å². The highest BCUT2D eigenvalue weighted by atomic mass is 79.9. The molecule has 0 spiro atoms. The van der Waals surface area contributed by atoms with Crippen molar-refractivity contribution in [3.63, 3.8) is 0 Å². The molecule has 1 heterocycles. The summed E-state index contributed by atoms with van der Waals surface area (Å²) in [7, 11) is 0. The Hall–Kier alpha value is -1.23. The van der Waals surface area contributed by atoms with E-state index in [1.807, 2.05) is 11.8 Å². The van der Waals surface area contributed by atoms with Crippen molar-refractivity contribution >= 4 is 49.3 Å². The van der Waals surface area contributed by atoms with E-state index in [0.717, 1.165) is 20.5 Å². The maximum atomic E-state index is 3.59. The molecule has 1 aliphatic heterocycles. The van der Waals surface area contributed by atoms with Crippen LogP contribution in [-0.4, -0.2) is 11.5 Å². The first kappa shape index (κ1) is 22.0. The van der Waals surface area contributed by atoms with Gasteiger partial charge in [0.25, 0.3) is 0 Å². The number of anilines is 1. The minimum atomic E-state index is 0.159. The largest absolute Gasteiger partial charge is 0.356 e. The normalized spacial score (nSPS) is 19.7. The van der Waals surface area contributed by atoms with Crippen molar-refractivity contribution < 1.29 is 0 Å². The molecule has 0 radical (unpaired) electrons. The fourth-order valence-corrected chi connectivity index (χ4v) is 5.86. The molecule has 1 aliphatic rings. The molecule has 0 N–H and O–H groups in total. The predicted octanol–water partition coefficient (Wildman–Crippen LogP) is 8.54. The predicted molar refractivity (Wildman–Crippen MR) is 139 cm³/mol. The van der Waals surface area contributed by atoms with E-state index in [0.29, 0.717) is 12.1 Å². The number of halogens is 2. The van der Waals surface area contributed by atoms with Crippen molar-refractivity contribution in [2.75, 3.05) is 16.4 Å². The van der Waals surface area contributed by atoms with Crippen LogP contribution in [0.1, 0.15) is 49.5 Å². The van der Waals surface area contributed by atoms with Gasteiger partial charge in [-0.3, -0.25) is 0 Å². The molecule has 2 unspecified atom stereocenters. The van der Waals surface area contributed by atoms with E-state index in [1.165, 1.54) is 22.4 Å². The molecular formula is C26H27Br2NS. The minimum absolute atomic E-state index is 0.159. The first-order chi connectivity index (χ1) is 14.3. The van der Waals surface area contributed by atoms with Gasteiger partial charge < -0.3 is 4.90 Å². The molecule has 0 aromatic heterocycles. The van der Waals surface area contributed by atoms with E-state index in [2.05, 4.69) is 130 Å². The SMILES string of the molecule is CC(C)(C)c1ccc(N2C(c3ccc(Br)cc3)CSCC2c2ccc(Br)cc2)cc1. The highest BCUT2D eigenvalue weighted by Gasteiger charge is 2.33. The van der Waals surface area contributed by atoms with Gasteiger partial charge in [-0.25, -0.2) is 0 Å². The lowest BCUT2D eigenvalue weighted by Crippen LogP contribution is -2.39. The van der Waals surface area contributed by atoms with Crippen LogP contribution in [-0.2, 0) is 5.41 Å². The monoisotopic (exact) mass is 543 g/mol. The maximum absolute atomic E-state index is 3.59. The number of hydrogen-bond acceptors (Lipinski definition) is 2. The van der Waals surface area contributed by atoms with Crippen LogP contribution in [0.3, 0.4) is 0 Å². The minimum Gasteiger partial charge on any atom is -0.356 e. The molecule has 30 heavy (non-hydrogen) atoms. The number of benzene rings is 3. The van der Waals surface area contributed by atoms with Crippen LogP contribution in [0.2, 0.25) is 0 Å². The third-order valence-corrected chi connectivity index (χ3v) is 7.92. The van der Waals surface area contributed by atoms with Crippen LogP contribution in [0, 0.1) is 0 Å². The number of hydrogen-bond donors (Lipinski definition) is 0. The van der Waals surface area contributed by atoms with Gasteiger partial charge in [0.05, 0.1) is 12.1 Å². The van der Waals surface area contributed by atoms with E-state index in [1.54, 1.807) is 0 Å². The molecule has 2 atom stereocenters. The molecule has 1 nitrogen and oxygen atoms in total. The summed E-state index contributed by atoms with van der Waals surface area (Å²) in [6.45, 7) is 6.82. The van der Waals surface area contributed by atoms with E-state index in [4.69, 9.17) is 0 Å². The molecule has 4 heteroatoms. The van der Waals surface area contributed by atoms with Gasteiger partial charge in [0.15, 0.2) is 0 Å². The Morgan fingerprint density at radius 1 is 0.700 bits per heavy atom. The first-order valence-corrected chi connectivity index (χ1v) is 13.0. The summed E-state index contributed by atoms with van der Waals surface area (Å²) >= 11 is 9.23. The lowest BCUT2D eigenvalue weighted by molar-refractivity contribution is 0.577. The molecule has 4 rings (SSSR count). The zero-order chi connectivity index (χ0) is 21.3. The number of thioether (sulfide) groups is 1. The Bertz CT molecular complexity index is 922. The molecule has 1 fully saturated rings. The standard InChI is InChI=1S/C26H27Br2NS/c1-26(2,3)20-8-14-23(15-9-20)29-24(18-4-10-21(27)11-5-18)16-30-17-25(29)19-6-12-22(28)13-7-19/h4-15,24-25H,16-17H2,1-3H3. The molecule has 0 saturated carbocycles. The molecule has 156 valence electrons. The zero-order valence-corrected chi connectivity index (χ0v) is 21.6. The van der Waals surface area contributed by atoms with Crippen molar-refractivity contribution in [3.05, 3.63) is 98.4 Å². The molecule has 0 aliphatic carbocycles. The summed E-state index contributed by atoms with van der Waals surface area (Å²) in [6, 6.07) is 27.6. The fourth-order valence-electron chi connectivity index (χ4n) is 4.05. The van der Waals surface area contributed by atoms with E-state index in [9.17, 15) is 0 Å². The Labute approximate surface area is 201 Å². The van der Waals surface area contributed by atoms with Crippen LogP contribution in [0.5, 0.6) is 0 Å². The Morgan fingerprint density at radius 2 is 1.13 bits per heavy atom. The Balaban J connectivity index is 1.77. The average molecular weight is 545 g/mol. The summed E-state index contributed by atoms with van der Waals surface area (Å²) < 4.78 is 2.25. The van der Waals surface area contributed by atoms with E-state index < -0.39 is 0 Å². The van der Waals surface area contributed by atoms with Gasteiger partial charge in [-0.05, 0) is 58.5 Å². The van der Waals surface area contributed by atoms with Crippen LogP contribution in [0.4, 0.5) is 5.69 Å². The van der Waals surface area contributed by atoms with Crippen LogP contribution < -0.4 is 4.90 Å². The molecule has 3 aromatic carbocycles. The average Bonchev–Trinajstić information content (AvgIpc) is 2.74. The number of nitrogens with zero attached hydrogens (tertiary/aromatic N) is 1. The fraction of sp³-hybridized carbons (Fsp3) is 0.308. The van der Waals surface area contributed by atoms with Crippen molar-refractivity contribution in [2.24, 2.45) is 0 Å². The van der Waals surface area contributed by atoms with Gasteiger partial charge in [0, 0.05) is 26.1 Å². The second-order valence-electron chi connectivity index (χ2n) is 8.88. The van der Waals surface area contributed by atoms with E-state index >= 15 is 0 Å². The van der Waals surface area contributed by atoms with Crippen molar-refractivity contribution in [3.8, 4) is 0 Å². The Morgan fingerprint density at radius 3 is 1.53 bits per heavy atom. The summed E-state index contributed by atoms with van der Waals surface area (Å²) in [4.78, 5) is 2.63. The smallest absolute Gasteiger partial charge is 0.0639 e.